The predicted octanol–water partition coefficient (Wildman–Crippen LogP) is 3.13. The van der Waals surface area contributed by atoms with E-state index in [0.29, 0.717) is 10.6 Å². The average molecular weight is 438 g/mol. The maximum absolute atomic E-state index is 13.1. The first-order valence-electron chi connectivity index (χ1n) is 9.49. The number of amides is 3. The molecule has 31 heavy (non-hydrogen) atoms. The summed E-state index contributed by atoms with van der Waals surface area (Å²) in [5.74, 6) is -0.0300. The maximum atomic E-state index is 13.1. The molecule has 0 aliphatic carbocycles. The molecular weight excluding hydrogens is 418 g/mol. The molecule has 3 aromatic rings. The molecule has 1 fully saturated rings. The molecule has 1 saturated heterocycles. The first-order chi connectivity index (χ1) is 14.8. The standard InChI is InChI=1S/C21H20ClN7O2/c1-12-5-3-4-6-15(12)24-19-26-16(25-18(23)27-19)11-29-17(30)21(2,28-20(29)31)13-7-9-14(22)10-8-13/h3-10H,11H2,1-2H3,(H,28,31)(H3,23,24,25,26,27)/t21-/m1/s1. The fourth-order valence-electron chi connectivity index (χ4n) is 3.36. The van der Waals surface area contributed by atoms with Gasteiger partial charge in [-0.3, -0.25) is 9.69 Å². The number of carbonyl (C=O) groups is 2. The van der Waals surface area contributed by atoms with Crippen molar-refractivity contribution in [3.63, 3.8) is 0 Å². The van der Waals surface area contributed by atoms with E-state index in [1.165, 1.54) is 0 Å². The molecule has 0 spiro atoms. The molecule has 0 unspecified atom stereocenters. The first-order valence-corrected chi connectivity index (χ1v) is 9.87. The number of rotatable bonds is 5. The Bertz CT molecular complexity index is 1170. The van der Waals surface area contributed by atoms with Crippen molar-refractivity contribution < 1.29 is 9.59 Å². The number of nitrogens with two attached hydrogens (primary N) is 1. The largest absolute Gasteiger partial charge is 0.368 e. The van der Waals surface area contributed by atoms with Gasteiger partial charge in [0.1, 0.15) is 5.54 Å². The number of anilines is 3. The van der Waals surface area contributed by atoms with Crippen LogP contribution in [-0.4, -0.2) is 31.8 Å². The van der Waals surface area contributed by atoms with Crippen LogP contribution in [0.15, 0.2) is 48.5 Å². The number of nitrogens with one attached hydrogen (secondary N) is 2. The van der Waals surface area contributed by atoms with Gasteiger partial charge in [0.15, 0.2) is 5.82 Å². The smallest absolute Gasteiger partial charge is 0.325 e. The average Bonchev–Trinajstić information content (AvgIpc) is 2.94. The summed E-state index contributed by atoms with van der Waals surface area (Å²) in [5, 5.41) is 6.37. The number of hydrogen-bond donors (Lipinski definition) is 3. The zero-order chi connectivity index (χ0) is 22.2. The van der Waals surface area contributed by atoms with Crippen molar-refractivity contribution in [2.45, 2.75) is 25.9 Å². The van der Waals surface area contributed by atoms with Gasteiger partial charge in [-0.15, -0.1) is 0 Å². The highest BCUT2D eigenvalue weighted by Gasteiger charge is 2.49. The summed E-state index contributed by atoms with van der Waals surface area (Å²) >= 11 is 5.94. The number of aryl methyl sites for hydroxylation is 1. The topological polar surface area (TPSA) is 126 Å². The van der Waals surface area contributed by atoms with Gasteiger partial charge in [0.05, 0.1) is 6.54 Å². The number of para-hydroxylation sites is 1. The van der Waals surface area contributed by atoms with Crippen LogP contribution in [0.25, 0.3) is 0 Å². The summed E-state index contributed by atoms with van der Waals surface area (Å²) in [6.45, 7) is 3.44. The number of nitrogens with zero attached hydrogens (tertiary/aromatic N) is 4. The quantitative estimate of drug-likeness (QED) is 0.523. The number of benzene rings is 2. The van der Waals surface area contributed by atoms with E-state index in [4.69, 9.17) is 17.3 Å². The van der Waals surface area contributed by atoms with Gasteiger partial charge in [-0.25, -0.2) is 4.79 Å². The lowest BCUT2D eigenvalue weighted by Crippen LogP contribution is -2.40. The Balaban J connectivity index is 1.58. The molecule has 1 atom stereocenters. The van der Waals surface area contributed by atoms with Crippen molar-refractivity contribution in [3.05, 3.63) is 70.5 Å². The Morgan fingerprint density at radius 2 is 1.81 bits per heavy atom. The van der Waals surface area contributed by atoms with Crippen molar-refractivity contribution in [2.75, 3.05) is 11.1 Å². The van der Waals surface area contributed by atoms with Crippen LogP contribution in [0, 0.1) is 6.92 Å². The lowest BCUT2D eigenvalue weighted by Gasteiger charge is -2.22. The number of nitrogen functional groups attached to an aromatic ring is 1. The Morgan fingerprint density at radius 3 is 2.52 bits per heavy atom. The lowest BCUT2D eigenvalue weighted by atomic mass is 9.92. The number of carbonyl (C=O) groups excluding carboxylic acids is 2. The van der Waals surface area contributed by atoms with Crippen molar-refractivity contribution in [1.29, 1.82) is 0 Å². The van der Waals surface area contributed by atoms with E-state index in [1.807, 2.05) is 31.2 Å². The number of halogens is 1. The second-order valence-electron chi connectivity index (χ2n) is 7.33. The van der Waals surface area contributed by atoms with Crippen LogP contribution >= 0.6 is 11.6 Å². The SMILES string of the molecule is Cc1ccccc1Nc1nc(N)nc(CN2C(=O)N[C@](C)(c3ccc(Cl)cc3)C2=O)n1. The van der Waals surface area contributed by atoms with E-state index in [2.05, 4.69) is 25.6 Å². The third-order valence-corrected chi connectivity index (χ3v) is 5.34. The van der Waals surface area contributed by atoms with Crippen LogP contribution in [0.3, 0.4) is 0 Å². The second-order valence-corrected chi connectivity index (χ2v) is 7.76. The molecule has 158 valence electrons. The van der Waals surface area contributed by atoms with E-state index >= 15 is 0 Å². The zero-order valence-electron chi connectivity index (χ0n) is 16.9. The minimum Gasteiger partial charge on any atom is -0.368 e. The lowest BCUT2D eigenvalue weighted by molar-refractivity contribution is -0.131. The molecule has 1 aromatic heterocycles. The van der Waals surface area contributed by atoms with Gasteiger partial charge in [0, 0.05) is 10.7 Å². The predicted molar refractivity (Wildman–Crippen MR) is 117 cm³/mol. The molecule has 2 aromatic carbocycles. The highest BCUT2D eigenvalue weighted by Crippen LogP contribution is 2.30. The van der Waals surface area contributed by atoms with Crippen LogP contribution in [-0.2, 0) is 16.9 Å². The molecule has 0 radical (unpaired) electrons. The molecule has 3 amide bonds. The Labute approximate surface area is 183 Å². The first kappa shape index (κ1) is 20.5. The van der Waals surface area contributed by atoms with Crippen molar-refractivity contribution in [1.82, 2.24) is 25.2 Å². The van der Waals surface area contributed by atoms with Crippen LogP contribution in [0.2, 0.25) is 5.02 Å². The normalized spacial score (nSPS) is 18.2. The van der Waals surface area contributed by atoms with Gasteiger partial charge >= 0.3 is 6.03 Å². The van der Waals surface area contributed by atoms with E-state index < -0.39 is 17.5 Å². The summed E-state index contributed by atoms with van der Waals surface area (Å²) in [7, 11) is 0. The van der Waals surface area contributed by atoms with Crippen molar-refractivity contribution in [3.8, 4) is 0 Å². The Kier molecular flexibility index (Phi) is 5.20. The van der Waals surface area contributed by atoms with E-state index in [0.717, 1.165) is 16.2 Å². The molecule has 10 heteroatoms. The van der Waals surface area contributed by atoms with Gasteiger partial charge in [0.2, 0.25) is 11.9 Å². The van der Waals surface area contributed by atoms with Gasteiger partial charge < -0.3 is 16.4 Å². The highest BCUT2D eigenvalue weighted by molar-refractivity contribution is 6.30. The third-order valence-electron chi connectivity index (χ3n) is 5.09. The summed E-state index contributed by atoms with van der Waals surface area (Å²) in [5.41, 5.74) is 7.04. The number of urea groups is 1. The molecule has 0 bridgehead atoms. The van der Waals surface area contributed by atoms with Crippen molar-refractivity contribution in [2.24, 2.45) is 0 Å². The fraction of sp³-hybridized carbons (Fsp3) is 0.190. The summed E-state index contributed by atoms with van der Waals surface area (Å²) < 4.78 is 0. The molecule has 2 heterocycles. The van der Waals surface area contributed by atoms with Gasteiger partial charge in [-0.2, -0.15) is 15.0 Å². The van der Waals surface area contributed by atoms with Crippen LogP contribution in [0.5, 0.6) is 0 Å². The van der Waals surface area contributed by atoms with Crippen LogP contribution in [0.4, 0.5) is 22.4 Å². The number of hydrogen-bond acceptors (Lipinski definition) is 7. The van der Waals surface area contributed by atoms with E-state index in [-0.39, 0.29) is 24.3 Å². The zero-order valence-corrected chi connectivity index (χ0v) is 17.6. The molecule has 1 aliphatic rings. The Morgan fingerprint density at radius 1 is 1.10 bits per heavy atom. The third kappa shape index (κ3) is 3.99. The molecular formula is C21H20ClN7O2. The summed E-state index contributed by atoms with van der Waals surface area (Å²) in [6.07, 6.45) is 0. The summed E-state index contributed by atoms with van der Waals surface area (Å²) in [4.78, 5) is 39.3. The fourth-order valence-corrected chi connectivity index (χ4v) is 3.49. The number of imide groups is 1. The van der Waals surface area contributed by atoms with E-state index in [1.54, 1.807) is 31.2 Å². The molecule has 9 nitrogen and oxygen atoms in total. The molecule has 4 N–H and O–H groups in total. The minimum atomic E-state index is -1.22. The number of aromatic nitrogens is 3. The van der Waals surface area contributed by atoms with E-state index in [9.17, 15) is 9.59 Å². The monoisotopic (exact) mass is 437 g/mol. The Hall–Kier alpha value is -3.72. The van der Waals surface area contributed by atoms with Crippen LogP contribution in [0.1, 0.15) is 23.9 Å². The van der Waals surface area contributed by atoms with Gasteiger partial charge in [-0.05, 0) is 43.2 Å². The minimum absolute atomic E-state index is 0.0198. The molecule has 1 aliphatic heterocycles. The molecule has 0 saturated carbocycles. The van der Waals surface area contributed by atoms with Crippen LogP contribution < -0.4 is 16.4 Å². The molecule has 4 rings (SSSR count). The van der Waals surface area contributed by atoms with Crippen molar-refractivity contribution >= 4 is 41.1 Å². The van der Waals surface area contributed by atoms with Gasteiger partial charge in [-0.1, -0.05) is 41.9 Å². The second kappa shape index (κ2) is 7.84. The van der Waals surface area contributed by atoms with Gasteiger partial charge in [0.25, 0.3) is 5.91 Å². The summed E-state index contributed by atoms with van der Waals surface area (Å²) in [6, 6.07) is 13.8. The maximum Gasteiger partial charge on any atom is 0.325 e. The highest BCUT2D eigenvalue weighted by atomic mass is 35.5.